The Morgan fingerprint density at radius 3 is 2.75 bits per heavy atom. The highest BCUT2D eigenvalue weighted by Crippen LogP contribution is 2.29. The molecule has 1 saturated carbocycles. The van der Waals surface area contributed by atoms with Gasteiger partial charge in [-0.15, -0.1) is 0 Å². The van der Waals surface area contributed by atoms with Crippen LogP contribution >= 0.6 is 0 Å². The zero-order valence-corrected chi connectivity index (χ0v) is 12.4. The van der Waals surface area contributed by atoms with Crippen LogP contribution in [0.1, 0.15) is 38.7 Å². The molecule has 3 nitrogen and oxygen atoms in total. The van der Waals surface area contributed by atoms with Crippen LogP contribution in [0.2, 0.25) is 0 Å². The van der Waals surface area contributed by atoms with E-state index in [4.69, 9.17) is 0 Å². The van der Waals surface area contributed by atoms with E-state index in [1.54, 1.807) is 19.1 Å². The minimum absolute atomic E-state index is 0.203. The molecule has 1 aliphatic carbocycles. The third-order valence-electron chi connectivity index (χ3n) is 4.45. The predicted octanol–water partition coefficient (Wildman–Crippen LogP) is 4.08. The van der Waals surface area contributed by atoms with E-state index in [-0.39, 0.29) is 17.9 Å². The zero-order chi connectivity index (χ0) is 14.7. The number of urea groups is 1. The summed E-state index contributed by atoms with van der Waals surface area (Å²) in [5.74, 6) is 0.803. The van der Waals surface area contributed by atoms with Crippen LogP contribution in [0.4, 0.5) is 14.9 Å². The summed E-state index contributed by atoms with van der Waals surface area (Å²) >= 11 is 0. The van der Waals surface area contributed by atoms with Crippen LogP contribution in [0, 0.1) is 24.6 Å². The van der Waals surface area contributed by atoms with E-state index < -0.39 is 0 Å². The van der Waals surface area contributed by atoms with Crippen molar-refractivity contribution in [1.29, 1.82) is 0 Å². The first-order valence-corrected chi connectivity index (χ1v) is 7.31. The van der Waals surface area contributed by atoms with Gasteiger partial charge in [0.05, 0.1) is 0 Å². The van der Waals surface area contributed by atoms with Crippen molar-refractivity contribution in [2.24, 2.45) is 11.8 Å². The molecule has 2 rings (SSSR count). The van der Waals surface area contributed by atoms with E-state index in [0.717, 1.165) is 12.8 Å². The number of carbonyl (C=O) groups is 1. The summed E-state index contributed by atoms with van der Waals surface area (Å²) in [5, 5.41) is 5.71. The van der Waals surface area contributed by atoms with Crippen molar-refractivity contribution in [2.75, 3.05) is 5.32 Å². The second-order valence-electron chi connectivity index (χ2n) is 5.94. The van der Waals surface area contributed by atoms with E-state index in [0.29, 0.717) is 23.1 Å². The second-order valence-corrected chi connectivity index (χ2v) is 5.94. The zero-order valence-electron chi connectivity index (χ0n) is 12.4. The lowest BCUT2D eigenvalue weighted by Gasteiger charge is -2.34. The highest BCUT2D eigenvalue weighted by molar-refractivity contribution is 5.89. The number of aryl methyl sites for hydroxylation is 1. The van der Waals surface area contributed by atoms with Crippen LogP contribution in [0.3, 0.4) is 0 Å². The van der Waals surface area contributed by atoms with Crippen LogP contribution in [0.25, 0.3) is 0 Å². The van der Waals surface area contributed by atoms with Crippen molar-refractivity contribution in [3.63, 3.8) is 0 Å². The molecule has 0 heterocycles. The SMILES string of the molecule is Cc1ccc(NC(=O)N[C@@H]2CCC[C@H](C)[C@H]2C)cc1F. The molecular formula is C16H23FN2O. The predicted molar refractivity (Wildman–Crippen MR) is 79.3 cm³/mol. The van der Waals surface area contributed by atoms with Gasteiger partial charge in [-0.2, -0.15) is 0 Å². The monoisotopic (exact) mass is 278 g/mol. The number of halogens is 1. The Kier molecular flexibility index (Phi) is 4.63. The lowest BCUT2D eigenvalue weighted by molar-refractivity contribution is 0.201. The summed E-state index contributed by atoms with van der Waals surface area (Å²) in [6.07, 6.45) is 3.39. The summed E-state index contributed by atoms with van der Waals surface area (Å²) in [6, 6.07) is 4.68. The summed E-state index contributed by atoms with van der Waals surface area (Å²) in [5.41, 5.74) is 1.06. The second kappa shape index (κ2) is 6.25. The smallest absolute Gasteiger partial charge is 0.319 e. The Morgan fingerprint density at radius 1 is 1.30 bits per heavy atom. The number of carbonyl (C=O) groups excluding carboxylic acids is 1. The minimum Gasteiger partial charge on any atom is -0.335 e. The molecule has 0 saturated heterocycles. The Hall–Kier alpha value is -1.58. The van der Waals surface area contributed by atoms with Crippen LogP contribution in [0.15, 0.2) is 18.2 Å². The first-order valence-electron chi connectivity index (χ1n) is 7.31. The molecule has 1 aromatic rings. The normalized spacial score (nSPS) is 26.1. The van der Waals surface area contributed by atoms with Gasteiger partial charge in [-0.25, -0.2) is 9.18 Å². The molecule has 3 atom stereocenters. The van der Waals surface area contributed by atoms with E-state index in [2.05, 4.69) is 24.5 Å². The summed E-state index contributed by atoms with van der Waals surface area (Å²) in [7, 11) is 0. The average molecular weight is 278 g/mol. The van der Waals surface area contributed by atoms with Crippen molar-refractivity contribution in [2.45, 2.75) is 46.1 Å². The molecule has 0 spiro atoms. The maximum absolute atomic E-state index is 13.4. The highest BCUT2D eigenvalue weighted by Gasteiger charge is 2.28. The minimum atomic E-state index is -0.303. The van der Waals surface area contributed by atoms with E-state index in [1.165, 1.54) is 12.5 Å². The number of rotatable bonds is 2. The van der Waals surface area contributed by atoms with Crippen molar-refractivity contribution < 1.29 is 9.18 Å². The van der Waals surface area contributed by atoms with Gasteiger partial charge in [-0.3, -0.25) is 0 Å². The summed E-state index contributed by atoms with van der Waals surface area (Å²) in [4.78, 5) is 12.0. The lowest BCUT2D eigenvalue weighted by Crippen LogP contribution is -2.45. The number of hydrogen-bond acceptors (Lipinski definition) is 1. The molecule has 0 bridgehead atoms. The fourth-order valence-electron chi connectivity index (χ4n) is 2.79. The number of anilines is 1. The van der Waals surface area contributed by atoms with Gasteiger partial charge >= 0.3 is 6.03 Å². The molecule has 1 aromatic carbocycles. The molecule has 2 amide bonds. The molecule has 4 heteroatoms. The summed E-state index contributed by atoms with van der Waals surface area (Å²) < 4.78 is 13.4. The third-order valence-corrected chi connectivity index (χ3v) is 4.45. The largest absolute Gasteiger partial charge is 0.335 e. The summed E-state index contributed by atoms with van der Waals surface area (Å²) in [6.45, 7) is 6.11. The number of benzene rings is 1. The Labute approximate surface area is 120 Å². The Bertz CT molecular complexity index is 489. The molecule has 0 aromatic heterocycles. The van der Waals surface area contributed by atoms with Gasteiger partial charge in [0.25, 0.3) is 0 Å². The van der Waals surface area contributed by atoms with E-state index >= 15 is 0 Å². The molecule has 110 valence electrons. The van der Waals surface area contributed by atoms with Gasteiger partial charge < -0.3 is 10.6 Å². The number of hydrogen-bond donors (Lipinski definition) is 2. The molecule has 0 aliphatic heterocycles. The number of amides is 2. The molecule has 20 heavy (non-hydrogen) atoms. The molecule has 0 radical (unpaired) electrons. The third kappa shape index (κ3) is 3.50. The average Bonchev–Trinajstić information content (AvgIpc) is 2.39. The van der Waals surface area contributed by atoms with Crippen LogP contribution < -0.4 is 10.6 Å². The van der Waals surface area contributed by atoms with E-state index in [9.17, 15) is 9.18 Å². The first kappa shape index (κ1) is 14.8. The fraction of sp³-hybridized carbons (Fsp3) is 0.562. The van der Waals surface area contributed by atoms with Gasteiger partial charge in [-0.05, 0) is 42.9 Å². The lowest BCUT2D eigenvalue weighted by atomic mass is 9.78. The van der Waals surface area contributed by atoms with Crippen molar-refractivity contribution in [1.82, 2.24) is 5.32 Å². The maximum atomic E-state index is 13.4. The van der Waals surface area contributed by atoms with Crippen molar-refractivity contribution in [3.8, 4) is 0 Å². The molecule has 0 unspecified atom stereocenters. The Morgan fingerprint density at radius 2 is 2.05 bits per heavy atom. The fourth-order valence-corrected chi connectivity index (χ4v) is 2.79. The van der Waals surface area contributed by atoms with E-state index in [1.807, 2.05) is 0 Å². The molecule has 1 aliphatic rings. The standard InChI is InChI=1S/C16H23FN2O/c1-10-5-4-6-15(12(10)3)19-16(20)18-13-8-7-11(2)14(17)9-13/h7-10,12,15H,4-6H2,1-3H3,(H2,18,19,20)/t10-,12+,15+/m0/s1. The van der Waals surface area contributed by atoms with Crippen LogP contribution in [-0.2, 0) is 0 Å². The topological polar surface area (TPSA) is 41.1 Å². The van der Waals surface area contributed by atoms with Gasteiger partial charge in [0.1, 0.15) is 5.82 Å². The van der Waals surface area contributed by atoms with Gasteiger partial charge in [0.2, 0.25) is 0 Å². The Balaban J connectivity index is 1.93. The quantitative estimate of drug-likeness (QED) is 0.841. The van der Waals surface area contributed by atoms with Gasteiger partial charge in [0, 0.05) is 11.7 Å². The van der Waals surface area contributed by atoms with Gasteiger partial charge in [0.15, 0.2) is 0 Å². The molecular weight excluding hydrogens is 255 g/mol. The van der Waals surface area contributed by atoms with Crippen molar-refractivity contribution >= 4 is 11.7 Å². The number of nitrogens with one attached hydrogen (secondary N) is 2. The van der Waals surface area contributed by atoms with Gasteiger partial charge in [-0.1, -0.05) is 32.8 Å². The highest BCUT2D eigenvalue weighted by atomic mass is 19.1. The van der Waals surface area contributed by atoms with Crippen LogP contribution in [0.5, 0.6) is 0 Å². The maximum Gasteiger partial charge on any atom is 0.319 e. The molecule has 1 fully saturated rings. The van der Waals surface area contributed by atoms with Crippen LogP contribution in [-0.4, -0.2) is 12.1 Å². The van der Waals surface area contributed by atoms with Crippen molar-refractivity contribution in [3.05, 3.63) is 29.6 Å². The molecule has 2 N–H and O–H groups in total. The first-order chi connectivity index (χ1) is 9.47.